The fourth-order valence-electron chi connectivity index (χ4n) is 6.58. The molecule has 0 amide bonds. The monoisotopic (exact) mass is 732 g/mol. The quantitative estimate of drug-likeness (QED) is 0.134. The molecule has 0 spiro atoms. The lowest BCUT2D eigenvalue weighted by molar-refractivity contribution is -0.0332. The van der Waals surface area contributed by atoms with Crippen LogP contribution in [-0.4, -0.2) is 58.0 Å². The van der Waals surface area contributed by atoms with E-state index in [1.807, 2.05) is 32.0 Å². The lowest BCUT2D eigenvalue weighted by Gasteiger charge is -2.26. The highest BCUT2D eigenvalue weighted by Crippen LogP contribution is 2.58. The summed E-state index contributed by atoms with van der Waals surface area (Å²) in [6.07, 6.45) is 10.0. The maximum Gasteiger partial charge on any atom is 0.335 e. The molecule has 14 heteroatoms. The number of aromatic nitrogens is 4. The molecule has 3 heterocycles. The first-order valence-corrected chi connectivity index (χ1v) is 18.7. The van der Waals surface area contributed by atoms with Crippen molar-refractivity contribution < 1.29 is 31.8 Å². The van der Waals surface area contributed by atoms with Crippen LogP contribution in [0.3, 0.4) is 0 Å². The summed E-state index contributed by atoms with van der Waals surface area (Å²) in [7, 11) is -4.27. The molecule has 2 aromatic carbocycles. The van der Waals surface area contributed by atoms with Gasteiger partial charge in [-0.25, -0.2) is 31.7 Å². The van der Waals surface area contributed by atoms with Crippen LogP contribution in [0.15, 0.2) is 71.9 Å². The number of carboxylic acid groups (broad SMARTS) is 1. The summed E-state index contributed by atoms with van der Waals surface area (Å²) >= 11 is 0. The van der Waals surface area contributed by atoms with Gasteiger partial charge in [0.2, 0.25) is 11.8 Å². The summed E-state index contributed by atoms with van der Waals surface area (Å²) in [5.74, 6) is -3.90. The molecule has 0 bridgehead atoms. The normalized spacial score (nSPS) is 20.3. The SMILES string of the molecule is Cc1cccc(C)c1-c1cc(OC[C@@H]2N[C@H](c3cnc(C=CC4(C(C)(F)F)CC4)cn3)CCC[C@H]2C)nc(NS(=O)(=O)c2cccc(C(=O)O)c2)n1. The van der Waals surface area contributed by atoms with Crippen molar-refractivity contribution in [3.05, 3.63) is 95.1 Å². The zero-order chi connectivity index (χ0) is 37.3. The van der Waals surface area contributed by atoms with Crippen LogP contribution >= 0.6 is 0 Å². The fraction of sp³-hybridized carbons (Fsp3) is 0.395. The molecule has 1 aliphatic heterocycles. The molecule has 2 aromatic heterocycles. The zero-order valence-corrected chi connectivity index (χ0v) is 30.3. The van der Waals surface area contributed by atoms with Crippen LogP contribution in [0.5, 0.6) is 5.88 Å². The molecule has 0 unspecified atom stereocenters. The third-order valence-electron chi connectivity index (χ3n) is 10.0. The van der Waals surface area contributed by atoms with Gasteiger partial charge in [0.05, 0.1) is 51.4 Å². The van der Waals surface area contributed by atoms with E-state index in [0.717, 1.165) is 54.6 Å². The maximum absolute atomic E-state index is 14.0. The van der Waals surface area contributed by atoms with E-state index in [2.05, 4.69) is 36.9 Å². The number of allylic oxidation sites excluding steroid dienone is 1. The number of nitrogens with one attached hydrogen (secondary N) is 2. The second-order valence-electron chi connectivity index (χ2n) is 13.9. The lowest BCUT2D eigenvalue weighted by Crippen LogP contribution is -2.40. The number of alkyl halides is 2. The van der Waals surface area contributed by atoms with Crippen molar-refractivity contribution >= 4 is 28.0 Å². The molecule has 52 heavy (non-hydrogen) atoms. The summed E-state index contributed by atoms with van der Waals surface area (Å²) in [5.41, 5.74) is 3.09. The van der Waals surface area contributed by atoms with Crippen LogP contribution in [0.1, 0.15) is 84.9 Å². The zero-order valence-electron chi connectivity index (χ0n) is 29.4. The van der Waals surface area contributed by atoms with Crippen LogP contribution in [0, 0.1) is 25.2 Å². The minimum absolute atomic E-state index is 0.127. The van der Waals surface area contributed by atoms with E-state index < -0.39 is 27.3 Å². The van der Waals surface area contributed by atoms with Crippen LogP contribution in [0.25, 0.3) is 17.3 Å². The number of carboxylic acids is 1. The topological polar surface area (TPSA) is 156 Å². The minimum Gasteiger partial charge on any atom is -0.478 e. The number of rotatable bonds is 12. The smallest absolute Gasteiger partial charge is 0.335 e. The molecular weight excluding hydrogens is 691 g/mol. The molecule has 3 atom stereocenters. The first kappa shape index (κ1) is 37.0. The van der Waals surface area contributed by atoms with Gasteiger partial charge in [0.15, 0.2) is 0 Å². The first-order chi connectivity index (χ1) is 24.6. The van der Waals surface area contributed by atoms with Gasteiger partial charge in [-0.05, 0) is 80.9 Å². The molecule has 4 aromatic rings. The Morgan fingerprint density at radius 1 is 1.08 bits per heavy atom. The first-order valence-electron chi connectivity index (χ1n) is 17.2. The maximum atomic E-state index is 14.0. The van der Waals surface area contributed by atoms with Crippen LogP contribution in [0.2, 0.25) is 0 Å². The predicted molar refractivity (Wildman–Crippen MR) is 193 cm³/mol. The standard InChI is InChI=1S/C38H42F2N6O5S/c1-23-8-6-13-29(31-21-41-27(20-42-31)14-15-38(16-17-38)37(4,39)40)43-32(23)22-51-33-19-30(34-24(2)9-5-10-25(34)3)44-36(45-33)46-52(49,50)28-12-7-11-26(18-28)35(47)48/h5,7,9-12,14-15,18-21,23,29,32,43H,6,8,13,16-17,22H2,1-4H3,(H,47,48)(H,44,45,46)/t23-,29+,32+/m1/s1. The molecule has 1 aliphatic carbocycles. The second kappa shape index (κ2) is 14.7. The molecule has 274 valence electrons. The Morgan fingerprint density at radius 3 is 2.46 bits per heavy atom. The molecule has 1 saturated heterocycles. The van der Waals surface area contributed by atoms with Crippen molar-refractivity contribution in [2.24, 2.45) is 11.3 Å². The van der Waals surface area contributed by atoms with Crippen molar-refractivity contribution in [2.45, 2.75) is 82.7 Å². The molecule has 0 radical (unpaired) electrons. The van der Waals surface area contributed by atoms with E-state index in [1.165, 1.54) is 18.2 Å². The van der Waals surface area contributed by atoms with Gasteiger partial charge in [0.25, 0.3) is 15.9 Å². The van der Waals surface area contributed by atoms with Crippen molar-refractivity contribution in [3.63, 3.8) is 0 Å². The van der Waals surface area contributed by atoms with Gasteiger partial charge < -0.3 is 15.2 Å². The van der Waals surface area contributed by atoms with Gasteiger partial charge >= 0.3 is 5.97 Å². The molecular formula is C38H42F2N6O5S. The van der Waals surface area contributed by atoms with E-state index in [1.54, 1.807) is 30.6 Å². The van der Waals surface area contributed by atoms with E-state index in [4.69, 9.17) is 4.74 Å². The molecule has 3 N–H and O–H groups in total. The van der Waals surface area contributed by atoms with Crippen molar-refractivity contribution in [2.75, 3.05) is 11.3 Å². The third kappa shape index (κ3) is 8.28. The Hall–Kier alpha value is -4.82. The molecule has 2 fully saturated rings. The van der Waals surface area contributed by atoms with Gasteiger partial charge in [-0.15, -0.1) is 0 Å². The van der Waals surface area contributed by atoms with E-state index >= 15 is 0 Å². The fourth-order valence-corrected chi connectivity index (χ4v) is 7.57. The highest BCUT2D eigenvalue weighted by molar-refractivity contribution is 7.92. The summed E-state index contributed by atoms with van der Waals surface area (Å²) in [6.45, 7) is 7.16. The largest absolute Gasteiger partial charge is 0.478 e. The number of hydrogen-bond acceptors (Lipinski definition) is 9. The van der Waals surface area contributed by atoms with Crippen molar-refractivity contribution in [1.29, 1.82) is 0 Å². The number of halogens is 2. The van der Waals surface area contributed by atoms with Crippen LogP contribution in [0.4, 0.5) is 14.7 Å². The Labute approximate surface area is 302 Å². The number of hydrogen-bond donors (Lipinski definition) is 3. The van der Waals surface area contributed by atoms with Crippen LogP contribution in [-0.2, 0) is 10.0 Å². The van der Waals surface area contributed by atoms with E-state index in [9.17, 15) is 27.1 Å². The number of ether oxygens (including phenoxy) is 1. The molecule has 1 saturated carbocycles. The number of carbonyl (C=O) groups is 1. The summed E-state index contributed by atoms with van der Waals surface area (Å²) < 4.78 is 63.5. The van der Waals surface area contributed by atoms with Gasteiger partial charge in [0, 0.05) is 24.6 Å². The van der Waals surface area contributed by atoms with Gasteiger partial charge in [-0.1, -0.05) is 43.7 Å². The minimum atomic E-state index is -4.27. The lowest BCUT2D eigenvalue weighted by atomic mass is 9.98. The molecule has 6 rings (SSSR count). The number of anilines is 1. The summed E-state index contributed by atoms with van der Waals surface area (Å²) in [5, 5.41) is 13.1. The average molecular weight is 733 g/mol. The number of benzene rings is 2. The Balaban J connectivity index is 1.22. The highest BCUT2D eigenvalue weighted by Gasteiger charge is 2.57. The van der Waals surface area contributed by atoms with Gasteiger partial charge in [-0.2, -0.15) is 4.98 Å². The third-order valence-corrected chi connectivity index (χ3v) is 11.3. The van der Waals surface area contributed by atoms with Crippen molar-refractivity contribution in [3.8, 4) is 17.1 Å². The number of nitrogens with zero attached hydrogens (tertiary/aromatic N) is 4. The van der Waals surface area contributed by atoms with Gasteiger partial charge in [-0.3, -0.25) is 9.97 Å². The summed E-state index contributed by atoms with van der Waals surface area (Å²) in [4.78, 5) is 29.3. The van der Waals surface area contributed by atoms with E-state index in [0.29, 0.717) is 24.2 Å². The highest BCUT2D eigenvalue weighted by atomic mass is 32.2. The van der Waals surface area contributed by atoms with Crippen molar-refractivity contribution in [1.82, 2.24) is 25.3 Å². The number of aryl methyl sites for hydroxylation is 2. The Kier molecular flexibility index (Phi) is 10.4. The second-order valence-corrected chi connectivity index (χ2v) is 15.6. The van der Waals surface area contributed by atoms with Crippen LogP contribution < -0.4 is 14.8 Å². The van der Waals surface area contributed by atoms with E-state index in [-0.39, 0.29) is 46.9 Å². The average Bonchev–Trinajstić information content (AvgIpc) is 3.92. The predicted octanol–water partition coefficient (Wildman–Crippen LogP) is 7.40. The molecule has 11 nitrogen and oxygen atoms in total. The molecule has 2 aliphatic rings. The summed E-state index contributed by atoms with van der Waals surface area (Å²) in [6, 6.07) is 12.2. The Morgan fingerprint density at radius 2 is 1.81 bits per heavy atom. The number of aromatic carboxylic acids is 1. The number of sulfonamides is 1. The Bertz CT molecular complexity index is 2060. The van der Waals surface area contributed by atoms with Gasteiger partial charge in [0.1, 0.15) is 6.61 Å².